The highest BCUT2D eigenvalue weighted by Crippen LogP contribution is 2.46. The number of rotatable bonds is 4. The maximum atomic E-state index is 4.86. The third-order valence-electron chi connectivity index (χ3n) is 4.34. The molecule has 3 heteroatoms. The average molecular weight is 245 g/mol. The van der Waals surface area contributed by atoms with Crippen molar-refractivity contribution in [2.75, 3.05) is 11.9 Å². The van der Waals surface area contributed by atoms with Crippen LogP contribution in [0.5, 0.6) is 0 Å². The van der Waals surface area contributed by atoms with E-state index in [1.165, 1.54) is 37.8 Å². The Morgan fingerprint density at radius 1 is 1.28 bits per heavy atom. The molecule has 0 aliphatic heterocycles. The van der Waals surface area contributed by atoms with Crippen molar-refractivity contribution in [3.8, 4) is 0 Å². The van der Waals surface area contributed by atoms with Gasteiger partial charge in [-0.2, -0.15) is 0 Å². The van der Waals surface area contributed by atoms with Crippen LogP contribution in [0.4, 0.5) is 5.82 Å². The minimum atomic E-state index is 0.615. The Labute approximate surface area is 109 Å². The van der Waals surface area contributed by atoms with E-state index in [4.69, 9.17) is 4.98 Å². The molecule has 0 aromatic carbocycles. The molecule has 0 bridgehead atoms. The van der Waals surface area contributed by atoms with E-state index < -0.39 is 0 Å². The molecule has 1 heterocycles. The molecule has 1 aromatic heterocycles. The van der Waals surface area contributed by atoms with Crippen LogP contribution in [-0.2, 0) is 0 Å². The van der Waals surface area contributed by atoms with Gasteiger partial charge < -0.3 is 5.32 Å². The second-order valence-electron chi connectivity index (χ2n) is 5.87. The minimum Gasteiger partial charge on any atom is -0.370 e. The van der Waals surface area contributed by atoms with Crippen molar-refractivity contribution in [1.82, 2.24) is 9.97 Å². The molecule has 0 amide bonds. The van der Waals surface area contributed by atoms with E-state index >= 15 is 0 Å². The van der Waals surface area contributed by atoms with Crippen LogP contribution in [0.1, 0.15) is 69.3 Å². The summed E-state index contributed by atoms with van der Waals surface area (Å²) in [5, 5.41) is 3.36. The predicted molar refractivity (Wildman–Crippen MR) is 73.9 cm³/mol. The van der Waals surface area contributed by atoms with E-state index in [0.717, 1.165) is 24.1 Å². The molecule has 98 valence electrons. The van der Waals surface area contributed by atoms with Crippen molar-refractivity contribution in [3.63, 3.8) is 0 Å². The van der Waals surface area contributed by atoms with Crippen LogP contribution < -0.4 is 5.32 Å². The van der Waals surface area contributed by atoms with E-state index in [2.05, 4.69) is 30.2 Å². The molecule has 3 rings (SSSR count). The summed E-state index contributed by atoms with van der Waals surface area (Å²) in [6.45, 7) is 5.35. The van der Waals surface area contributed by atoms with Crippen LogP contribution >= 0.6 is 0 Å². The van der Waals surface area contributed by atoms with Crippen LogP contribution in [0.3, 0.4) is 0 Å². The Balaban J connectivity index is 1.89. The van der Waals surface area contributed by atoms with Crippen LogP contribution in [0.15, 0.2) is 6.07 Å². The molecule has 18 heavy (non-hydrogen) atoms. The van der Waals surface area contributed by atoms with Gasteiger partial charge in [0.05, 0.1) is 0 Å². The van der Waals surface area contributed by atoms with Crippen molar-refractivity contribution in [1.29, 1.82) is 0 Å². The summed E-state index contributed by atoms with van der Waals surface area (Å²) < 4.78 is 0. The molecule has 0 radical (unpaired) electrons. The molecule has 2 fully saturated rings. The second kappa shape index (κ2) is 4.87. The Hall–Kier alpha value is -1.12. The number of hydrogen-bond acceptors (Lipinski definition) is 3. The molecule has 2 atom stereocenters. The van der Waals surface area contributed by atoms with Gasteiger partial charge in [-0.15, -0.1) is 0 Å². The van der Waals surface area contributed by atoms with Crippen molar-refractivity contribution in [2.24, 2.45) is 5.92 Å². The first kappa shape index (κ1) is 11.9. The van der Waals surface area contributed by atoms with Gasteiger partial charge in [0.25, 0.3) is 0 Å². The van der Waals surface area contributed by atoms with Gasteiger partial charge in [-0.25, -0.2) is 9.97 Å². The molecule has 0 saturated heterocycles. The lowest BCUT2D eigenvalue weighted by atomic mass is 10.0. The Morgan fingerprint density at radius 3 is 2.61 bits per heavy atom. The van der Waals surface area contributed by atoms with Gasteiger partial charge in [-0.1, -0.05) is 19.8 Å². The first-order valence-corrected chi connectivity index (χ1v) is 7.40. The lowest BCUT2D eigenvalue weighted by Gasteiger charge is -2.13. The van der Waals surface area contributed by atoms with E-state index in [1.54, 1.807) is 0 Å². The van der Waals surface area contributed by atoms with Crippen molar-refractivity contribution >= 4 is 5.82 Å². The van der Waals surface area contributed by atoms with Crippen LogP contribution in [0.2, 0.25) is 0 Å². The summed E-state index contributed by atoms with van der Waals surface area (Å²) in [4.78, 5) is 9.54. The van der Waals surface area contributed by atoms with Gasteiger partial charge >= 0.3 is 0 Å². The lowest BCUT2D eigenvalue weighted by molar-refractivity contribution is 0.681. The molecule has 1 aromatic rings. The SMILES string of the molecule is CCNc1cc(C2CCCC2)nc(C2CC2C)n1. The average Bonchev–Trinajstić information content (AvgIpc) is 2.90. The van der Waals surface area contributed by atoms with Crippen LogP contribution in [0, 0.1) is 5.92 Å². The molecule has 3 nitrogen and oxygen atoms in total. The van der Waals surface area contributed by atoms with Gasteiger partial charge in [0, 0.05) is 30.1 Å². The van der Waals surface area contributed by atoms with E-state index in [1.807, 2.05) is 0 Å². The molecule has 2 aliphatic carbocycles. The maximum Gasteiger partial charge on any atom is 0.134 e. The summed E-state index contributed by atoms with van der Waals surface area (Å²) in [7, 11) is 0. The molecule has 2 unspecified atom stereocenters. The number of nitrogens with one attached hydrogen (secondary N) is 1. The maximum absolute atomic E-state index is 4.86. The molecule has 2 saturated carbocycles. The molecular weight excluding hydrogens is 222 g/mol. The molecular formula is C15H23N3. The summed E-state index contributed by atoms with van der Waals surface area (Å²) in [6.07, 6.45) is 6.60. The lowest BCUT2D eigenvalue weighted by Crippen LogP contribution is -2.07. The minimum absolute atomic E-state index is 0.615. The van der Waals surface area contributed by atoms with Crippen molar-refractivity contribution in [3.05, 3.63) is 17.6 Å². The summed E-state index contributed by atoms with van der Waals surface area (Å²) in [5.74, 6) is 4.19. The predicted octanol–water partition coefficient (Wildman–Crippen LogP) is 3.69. The first-order valence-electron chi connectivity index (χ1n) is 7.40. The van der Waals surface area contributed by atoms with Crippen LogP contribution in [0.25, 0.3) is 0 Å². The van der Waals surface area contributed by atoms with Gasteiger partial charge in [0.15, 0.2) is 0 Å². The highest BCUT2D eigenvalue weighted by Gasteiger charge is 2.37. The summed E-state index contributed by atoms with van der Waals surface area (Å²) >= 11 is 0. The zero-order chi connectivity index (χ0) is 12.5. The van der Waals surface area contributed by atoms with Gasteiger partial charge in [0.2, 0.25) is 0 Å². The second-order valence-corrected chi connectivity index (χ2v) is 5.87. The molecule has 0 spiro atoms. The molecule has 1 N–H and O–H groups in total. The van der Waals surface area contributed by atoms with E-state index in [0.29, 0.717) is 11.8 Å². The zero-order valence-corrected chi connectivity index (χ0v) is 11.4. The number of aromatic nitrogens is 2. The topological polar surface area (TPSA) is 37.8 Å². The number of anilines is 1. The van der Waals surface area contributed by atoms with Gasteiger partial charge in [-0.05, 0) is 32.1 Å². The highest BCUT2D eigenvalue weighted by atomic mass is 15.0. The van der Waals surface area contributed by atoms with Crippen LogP contribution in [-0.4, -0.2) is 16.5 Å². The van der Waals surface area contributed by atoms with E-state index in [-0.39, 0.29) is 0 Å². The third kappa shape index (κ3) is 2.36. The highest BCUT2D eigenvalue weighted by molar-refractivity contribution is 5.38. The number of hydrogen-bond donors (Lipinski definition) is 1. The fourth-order valence-electron chi connectivity index (χ4n) is 3.04. The third-order valence-corrected chi connectivity index (χ3v) is 4.34. The fraction of sp³-hybridized carbons (Fsp3) is 0.733. The Kier molecular flexibility index (Phi) is 3.23. The zero-order valence-electron chi connectivity index (χ0n) is 11.4. The first-order chi connectivity index (χ1) is 8.78. The molecule has 2 aliphatic rings. The normalized spacial score (nSPS) is 27.4. The summed E-state index contributed by atoms with van der Waals surface area (Å²) in [5.41, 5.74) is 1.28. The van der Waals surface area contributed by atoms with Crippen molar-refractivity contribution < 1.29 is 0 Å². The Morgan fingerprint density at radius 2 is 2.00 bits per heavy atom. The quantitative estimate of drug-likeness (QED) is 0.879. The van der Waals surface area contributed by atoms with Crippen molar-refractivity contribution in [2.45, 2.75) is 57.8 Å². The van der Waals surface area contributed by atoms with E-state index in [9.17, 15) is 0 Å². The Bertz CT molecular complexity index is 424. The number of nitrogens with zero attached hydrogens (tertiary/aromatic N) is 2. The smallest absolute Gasteiger partial charge is 0.134 e. The monoisotopic (exact) mass is 245 g/mol. The summed E-state index contributed by atoms with van der Waals surface area (Å²) in [6, 6.07) is 2.18. The van der Waals surface area contributed by atoms with Gasteiger partial charge in [0.1, 0.15) is 11.6 Å². The fourth-order valence-corrected chi connectivity index (χ4v) is 3.04. The van der Waals surface area contributed by atoms with Gasteiger partial charge in [-0.3, -0.25) is 0 Å². The standard InChI is InChI=1S/C15H23N3/c1-3-16-14-9-13(11-6-4-5-7-11)17-15(18-14)12-8-10(12)2/h9-12H,3-8H2,1-2H3,(H,16,17,18). The largest absolute Gasteiger partial charge is 0.370 e.